The van der Waals surface area contributed by atoms with Crippen molar-refractivity contribution < 1.29 is 14.3 Å². The third-order valence-corrected chi connectivity index (χ3v) is 6.22. The molecule has 2 unspecified atom stereocenters. The molecule has 0 saturated carbocycles. The van der Waals surface area contributed by atoms with E-state index in [9.17, 15) is 9.59 Å². The van der Waals surface area contributed by atoms with Crippen LogP contribution in [-0.2, 0) is 4.74 Å². The van der Waals surface area contributed by atoms with Gasteiger partial charge in [0, 0.05) is 41.2 Å². The average molecular weight is 442 g/mol. The Kier molecular flexibility index (Phi) is 5.84. The van der Waals surface area contributed by atoms with E-state index >= 15 is 0 Å². The van der Waals surface area contributed by atoms with E-state index in [1.54, 1.807) is 6.07 Å². The molecule has 5 rings (SSSR count). The highest BCUT2D eigenvalue weighted by Gasteiger charge is 2.38. The Labute approximate surface area is 193 Å². The summed E-state index contributed by atoms with van der Waals surface area (Å²) in [6.07, 6.45) is 1.73. The van der Waals surface area contributed by atoms with Crippen molar-refractivity contribution in [2.45, 2.75) is 32.0 Å². The van der Waals surface area contributed by atoms with Gasteiger partial charge in [0.1, 0.15) is 6.17 Å². The molecule has 0 aromatic heterocycles. The number of carbonyl (C=O) groups is 2. The van der Waals surface area contributed by atoms with Crippen LogP contribution in [0.2, 0.25) is 0 Å². The first-order chi connectivity index (χ1) is 16.1. The molecule has 2 amide bonds. The molecule has 0 aliphatic carbocycles. The lowest BCUT2D eigenvalue weighted by Crippen LogP contribution is -2.38. The van der Waals surface area contributed by atoms with Crippen LogP contribution in [0.25, 0.3) is 0 Å². The first-order valence-electron chi connectivity index (χ1n) is 11.3. The Bertz CT molecular complexity index is 1170. The normalized spacial score (nSPS) is 19.4. The van der Waals surface area contributed by atoms with Crippen molar-refractivity contribution in [3.63, 3.8) is 0 Å². The van der Waals surface area contributed by atoms with Gasteiger partial charge in [-0.2, -0.15) is 0 Å². The van der Waals surface area contributed by atoms with Crippen molar-refractivity contribution in [2.24, 2.45) is 0 Å². The number of fused-ring (bicyclic) bond motifs is 1. The maximum Gasteiger partial charge on any atom is 0.256 e. The summed E-state index contributed by atoms with van der Waals surface area (Å²) in [5, 5.41) is 6.43. The number of rotatable bonds is 6. The zero-order chi connectivity index (χ0) is 22.8. The molecule has 0 bridgehead atoms. The van der Waals surface area contributed by atoms with Crippen LogP contribution in [0.15, 0.2) is 72.8 Å². The van der Waals surface area contributed by atoms with Crippen LogP contribution in [0.5, 0.6) is 0 Å². The van der Waals surface area contributed by atoms with E-state index in [1.807, 2.05) is 78.6 Å². The van der Waals surface area contributed by atoms with Crippen molar-refractivity contribution in [3.8, 4) is 0 Å². The van der Waals surface area contributed by atoms with E-state index in [1.165, 1.54) is 0 Å². The lowest BCUT2D eigenvalue weighted by Gasteiger charge is -2.29. The lowest BCUT2D eigenvalue weighted by atomic mass is 10.1. The number of hydrogen-bond acceptors (Lipinski definition) is 4. The zero-order valence-corrected chi connectivity index (χ0v) is 18.6. The molecule has 1 fully saturated rings. The third kappa shape index (κ3) is 4.47. The summed E-state index contributed by atoms with van der Waals surface area (Å²) in [4.78, 5) is 27.8. The summed E-state index contributed by atoms with van der Waals surface area (Å²) in [5.41, 5.74) is 4.86. The zero-order valence-electron chi connectivity index (χ0n) is 18.6. The van der Waals surface area contributed by atoms with Gasteiger partial charge >= 0.3 is 0 Å². The Morgan fingerprint density at radius 2 is 1.85 bits per heavy atom. The predicted octanol–water partition coefficient (Wildman–Crippen LogP) is 4.99. The molecule has 2 N–H and O–H groups in total. The van der Waals surface area contributed by atoms with E-state index in [4.69, 9.17) is 4.74 Å². The number of anilines is 2. The van der Waals surface area contributed by atoms with Gasteiger partial charge in [-0.25, -0.2) is 0 Å². The minimum atomic E-state index is -0.312. The summed E-state index contributed by atoms with van der Waals surface area (Å²) in [6, 6.07) is 22.8. The Balaban J connectivity index is 1.37. The highest BCUT2D eigenvalue weighted by Crippen LogP contribution is 2.35. The standard InChI is InChI=1S/C27H27N3O3/c1-18-11-13-20(14-12-18)29-26(31)19-6-4-7-21(16-19)28-25-23-9-2-3-10-24(23)27(32)30(25)17-22-8-5-15-33-22/h2-4,6-7,9-14,16,22,25,28H,5,8,15,17H2,1H3,(H,29,31). The molecule has 2 heterocycles. The Morgan fingerprint density at radius 1 is 1.03 bits per heavy atom. The first kappa shape index (κ1) is 21.2. The molecule has 0 radical (unpaired) electrons. The number of carbonyl (C=O) groups excluding carboxylic acids is 2. The maximum atomic E-state index is 13.2. The monoisotopic (exact) mass is 441 g/mol. The largest absolute Gasteiger partial charge is 0.376 e. The second-order valence-corrected chi connectivity index (χ2v) is 8.63. The second-order valence-electron chi connectivity index (χ2n) is 8.63. The Morgan fingerprint density at radius 3 is 2.64 bits per heavy atom. The van der Waals surface area contributed by atoms with Gasteiger partial charge in [0.2, 0.25) is 0 Å². The SMILES string of the molecule is Cc1ccc(NC(=O)c2cccc(NC3c4ccccc4C(=O)N3CC3CCCO3)c2)cc1. The van der Waals surface area contributed by atoms with Crippen molar-refractivity contribution in [3.05, 3.63) is 95.1 Å². The van der Waals surface area contributed by atoms with E-state index in [2.05, 4.69) is 10.6 Å². The van der Waals surface area contributed by atoms with Crippen molar-refractivity contribution in [2.75, 3.05) is 23.8 Å². The van der Waals surface area contributed by atoms with Gasteiger partial charge in [-0.05, 0) is 56.2 Å². The van der Waals surface area contributed by atoms with E-state index in [0.717, 1.165) is 42.0 Å². The lowest BCUT2D eigenvalue weighted by molar-refractivity contribution is 0.0489. The number of ether oxygens (including phenoxy) is 1. The molecule has 168 valence electrons. The molecule has 3 aromatic carbocycles. The third-order valence-electron chi connectivity index (χ3n) is 6.22. The number of nitrogens with zero attached hydrogens (tertiary/aromatic N) is 1. The second kappa shape index (κ2) is 9.08. The number of nitrogens with one attached hydrogen (secondary N) is 2. The van der Waals surface area contributed by atoms with Crippen LogP contribution in [0.1, 0.15) is 50.9 Å². The first-order valence-corrected chi connectivity index (χ1v) is 11.3. The summed E-state index contributed by atoms with van der Waals surface area (Å²) >= 11 is 0. The molecular formula is C27H27N3O3. The van der Waals surface area contributed by atoms with Crippen LogP contribution >= 0.6 is 0 Å². The topological polar surface area (TPSA) is 70.7 Å². The highest BCUT2D eigenvalue weighted by atomic mass is 16.5. The average Bonchev–Trinajstić information content (AvgIpc) is 3.44. The molecule has 2 aliphatic heterocycles. The number of aryl methyl sites for hydroxylation is 1. The van der Waals surface area contributed by atoms with Crippen LogP contribution in [0, 0.1) is 6.92 Å². The minimum absolute atomic E-state index is 0.00636. The van der Waals surface area contributed by atoms with Crippen molar-refractivity contribution in [1.82, 2.24) is 4.90 Å². The fourth-order valence-corrected chi connectivity index (χ4v) is 4.47. The van der Waals surface area contributed by atoms with Crippen molar-refractivity contribution in [1.29, 1.82) is 0 Å². The van der Waals surface area contributed by atoms with E-state index < -0.39 is 0 Å². The molecule has 0 spiro atoms. The fourth-order valence-electron chi connectivity index (χ4n) is 4.47. The smallest absolute Gasteiger partial charge is 0.256 e. The summed E-state index contributed by atoms with van der Waals surface area (Å²) in [6.45, 7) is 3.30. The van der Waals surface area contributed by atoms with E-state index in [-0.39, 0.29) is 24.1 Å². The van der Waals surface area contributed by atoms with Crippen LogP contribution in [0.4, 0.5) is 11.4 Å². The van der Waals surface area contributed by atoms with Crippen LogP contribution in [0.3, 0.4) is 0 Å². The molecule has 3 aromatic rings. The molecule has 33 heavy (non-hydrogen) atoms. The van der Waals surface area contributed by atoms with Gasteiger partial charge < -0.3 is 20.3 Å². The molecule has 2 atom stereocenters. The number of hydrogen-bond donors (Lipinski definition) is 2. The number of amides is 2. The van der Waals surface area contributed by atoms with Gasteiger partial charge in [0.15, 0.2) is 0 Å². The maximum absolute atomic E-state index is 13.2. The quantitative estimate of drug-likeness (QED) is 0.565. The summed E-state index contributed by atoms with van der Waals surface area (Å²) < 4.78 is 5.80. The van der Waals surface area contributed by atoms with Gasteiger partial charge in [-0.15, -0.1) is 0 Å². The highest BCUT2D eigenvalue weighted by molar-refractivity contribution is 6.05. The van der Waals surface area contributed by atoms with Gasteiger partial charge in [0.05, 0.1) is 6.10 Å². The number of benzene rings is 3. The molecule has 1 saturated heterocycles. The van der Waals surface area contributed by atoms with Crippen LogP contribution in [-0.4, -0.2) is 36.0 Å². The fraction of sp³-hybridized carbons (Fsp3) is 0.259. The molecule has 6 heteroatoms. The molecular weight excluding hydrogens is 414 g/mol. The molecule has 2 aliphatic rings. The van der Waals surface area contributed by atoms with Gasteiger partial charge in [0.25, 0.3) is 11.8 Å². The van der Waals surface area contributed by atoms with Gasteiger partial charge in [-0.3, -0.25) is 9.59 Å². The van der Waals surface area contributed by atoms with Gasteiger partial charge in [-0.1, -0.05) is 42.0 Å². The van der Waals surface area contributed by atoms with Crippen LogP contribution < -0.4 is 10.6 Å². The Hall–Kier alpha value is -3.64. The predicted molar refractivity (Wildman–Crippen MR) is 128 cm³/mol. The summed E-state index contributed by atoms with van der Waals surface area (Å²) in [7, 11) is 0. The minimum Gasteiger partial charge on any atom is -0.376 e. The molecule has 6 nitrogen and oxygen atoms in total. The summed E-state index contributed by atoms with van der Waals surface area (Å²) in [5.74, 6) is -0.173. The van der Waals surface area contributed by atoms with Crippen molar-refractivity contribution >= 4 is 23.2 Å². The van der Waals surface area contributed by atoms with E-state index in [0.29, 0.717) is 17.7 Å².